The van der Waals surface area contributed by atoms with Gasteiger partial charge in [0.15, 0.2) is 0 Å². The van der Waals surface area contributed by atoms with Crippen LogP contribution in [0.3, 0.4) is 0 Å². The van der Waals surface area contributed by atoms with E-state index in [0.717, 1.165) is 9.70 Å². The van der Waals surface area contributed by atoms with E-state index in [9.17, 15) is 4.79 Å². The summed E-state index contributed by atoms with van der Waals surface area (Å²) in [5.74, 6) is -0.266. The summed E-state index contributed by atoms with van der Waals surface area (Å²) in [6.45, 7) is 20.6. The van der Waals surface area contributed by atoms with Crippen molar-refractivity contribution >= 4 is 33.0 Å². The molecule has 0 amide bonds. The average molecular weight is 546 g/mol. The van der Waals surface area contributed by atoms with Gasteiger partial charge in [0.05, 0.1) is 12.2 Å². The Hall–Kier alpha value is -2.39. The lowest BCUT2D eigenvalue weighted by molar-refractivity contribution is 0.0526. The third kappa shape index (κ3) is 3.31. The van der Waals surface area contributed by atoms with Gasteiger partial charge in [0.25, 0.3) is 0 Å². The molecule has 5 rings (SSSR count). The molecule has 2 atom stereocenters. The summed E-state index contributed by atoms with van der Waals surface area (Å²) >= 11 is 4.00. The largest absolute Gasteiger partial charge is 0.462 e. The molecule has 188 valence electrons. The molecule has 0 fully saturated rings. The lowest BCUT2D eigenvalue weighted by Gasteiger charge is -2.58. The molecule has 0 radical (unpaired) electrons. The van der Waals surface area contributed by atoms with E-state index in [-0.39, 0.29) is 27.6 Å². The zero-order valence-electron chi connectivity index (χ0n) is 23.0. The maximum Gasteiger partial charge on any atom is 0.338 e. The number of rotatable bonds is 2. The molecule has 0 saturated heterocycles. The molecule has 0 heterocycles. The van der Waals surface area contributed by atoms with Gasteiger partial charge in [0.1, 0.15) is 0 Å². The quantitative estimate of drug-likeness (QED) is 0.365. The first-order chi connectivity index (χ1) is 16.6. The van der Waals surface area contributed by atoms with Crippen LogP contribution in [0.2, 0.25) is 0 Å². The molecule has 0 aromatic heterocycles. The molecule has 1 aromatic carbocycles. The van der Waals surface area contributed by atoms with Gasteiger partial charge < -0.3 is 4.74 Å². The van der Waals surface area contributed by atoms with Crippen LogP contribution < -0.4 is 10.4 Å². The summed E-state index contributed by atoms with van der Waals surface area (Å²) in [5, 5.41) is 2.35. The maximum absolute atomic E-state index is 12.8. The highest BCUT2D eigenvalue weighted by Gasteiger charge is 2.58. The Bertz CT molecular complexity index is 1490. The lowest BCUT2D eigenvalue weighted by atomic mass is 9.45. The number of halogens is 1. The van der Waals surface area contributed by atoms with Gasteiger partial charge in [-0.2, -0.15) is 0 Å². The number of hydrogen-bond donors (Lipinski definition) is 0. The van der Waals surface area contributed by atoms with Crippen LogP contribution in [0.5, 0.6) is 0 Å². The van der Waals surface area contributed by atoms with E-state index in [1.165, 1.54) is 38.7 Å². The van der Waals surface area contributed by atoms with Crippen molar-refractivity contribution in [1.82, 2.24) is 0 Å². The fraction of sp³-hybridized carbons (Fsp3) is 0.424. The van der Waals surface area contributed by atoms with Crippen molar-refractivity contribution < 1.29 is 9.53 Å². The summed E-state index contributed by atoms with van der Waals surface area (Å²) in [6.07, 6.45) is 11.9. The van der Waals surface area contributed by atoms with Crippen LogP contribution in [0, 0.1) is 21.7 Å². The number of carbonyl (C=O) groups excluding carboxylic acids is 1. The number of esters is 1. The van der Waals surface area contributed by atoms with Crippen molar-refractivity contribution in [3.05, 3.63) is 91.4 Å². The van der Waals surface area contributed by atoms with E-state index >= 15 is 0 Å². The highest BCUT2D eigenvalue weighted by Crippen LogP contribution is 2.68. The second-order valence-electron chi connectivity index (χ2n) is 12.9. The molecular weight excluding hydrogens is 508 g/mol. The molecule has 0 aliphatic heterocycles. The fourth-order valence-electron chi connectivity index (χ4n) is 6.30. The van der Waals surface area contributed by atoms with Crippen molar-refractivity contribution in [1.29, 1.82) is 0 Å². The van der Waals surface area contributed by atoms with Crippen molar-refractivity contribution in [2.75, 3.05) is 6.61 Å². The summed E-state index contributed by atoms with van der Waals surface area (Å²) in [7, 11) is 0. The monoisotopic (exact) mass is 544 g/mol. The zero-order valence-corrected chi connectivity index (χ0v) is 24.6. The predicted molar refractivity (Wildman–Crippen MR) is 153 cm³/mol. The van der Waals surface area contributed by atoms with E-state index < -0.39 is 0 Å². The minimum atomic E-state index is -0.277. The minimum Gasteiger partial charge on any atom is -0.462 e. The number of ether oxygens (including phenoxy) is 1. The lowest BCUT2D eigenvalue weighted by Crippen LogP contribution is -2.55. The van der Waals surface area contributed by atoms with Crippen LogP contribution in [0.1, 0.15) is 72.7 Å². The van der Waals surface area contributed by atoms with Gasteiger partial charge in [-0.3, -0.25) is 0 Å². The first-order valence-corrected chi connectivity index (χ1v) is 13.8. The predicted octanol–water partition coefficient (Wildman–Crippen LogP) is 7.31. The second-order valence-corrected chi connectivity index (χ2v) is 13.8. The van der Waals surface area contributed by atoms with Crippen LogP contribution >= 0.6 is 15.9 Å². The first kappa shape index (κ1) is 25.3. The van der Waals surface area contributed by atoms with Gasteiger partial charge in [-0.05, 0) is 79.8 Å². The van der Waals surface area contributed by atoms with Crippen LogP contribution in [-0.4, -0.2) is 12.6 Å². The van der Waals surface area contributed by atoms with Crippen molar-refractivity contribution in [3.63, 3.8) is 0 Å². The Labute approximate surface area is 224 Å². The molecule has 4 aliphatic carbocycles. The standard InChI is InChI=1S/C33H37BrO2/c1-10-36-29(35)19-11-12-23-24(13-19)26-15-20(30(2,3)4)14-22-18-28(34)27-17-21(31(5,6)7)16-25(23)33(27,9)32(22,26)8/h11-18H,10H2,1-9H3/t32-,33+/m0/s1. The van der Waals surface area contributed by atoms with E-state index in [1.807, 2.05) is 13.0 Å². The Morgan fingerprint density at radius 3 is 2.00 bits per heavy atom. The average Bonchev–Trinajstić information content (AvgIpc) is 2.77. The third-order valence-electron chi connectivity index (χ3n) is 8.79. The summed E-state index contributed by atoms with van der Waals surface area (Å²) in [6, 6.07) is 6.14. The summed E-state index contributed by atoms with van der Waals surface area (Å²) in [4.78, 5) is 12.8. The molecule has 0 spiro atoms. The van der Waals surface area contributed by atoms with Gasteiger partial charge in [-0.1, -0.05) is 102 Å². The first-order valence-electron chi connectivity index (χ1n) is 13.0. The van der Waals surface area contributed by atoms with Crippen LogP contribution in [0.25, 0.3) is 11.1 Å². The topological polar surface area (TPSA) is 26.3 Å². The number of benzene rings is 1. The molecule has 0 N–H and O–H groups in total. The summed E-state index contributed by atoms with van der Waals surface area (Å²) in [5.41, 5.74) is 7.94. The maximum atomic E-state index is 12.8. The molecule has 0 bridgehead atoms. The number of allylic oxidation sites excluding steroid dienone is 10. The molecular formula is C33H37BrO2. The number of carbonyl (C=O) groups is 1. The normalized spacial score (nSPS) is 26.7. The second kappa shape index (κ2) is 7.81. The Balaban J connectivity index is 2.01. The summed E-state index contributed by atoms with van der Waals surface area (Å²) < 4.78 is 6.54. The number of hydrogen-bond acceptors (Lipinski definition) is 2. The Morgan fingerprint density at radius 1 is 0.833 bits per heavy atom. The van der Waals surface area contributed by atoms with Gasteiger partial charge in [0.2, 0.25) is 0 Å². The fourth-order valence-corrected chi connectivity index (χ4v) is 7.06. The van der Waals surface area contributed by atoms with Crippen LogP contribution in [-0.2, 0) is 4.74 Å². The number of fused-ring (bicyclic) bond motifs is 1. The molecule has 36 heavy (non-hydrogen) atoms. The van der Waals surface area contributed by atoms with E-state index in [2.05, 4.69) is 114 Å². The molecule has 0 unspecified atom stereocenters. The van der Waals surface area contributed by atoms with Gasteiger partial charge >= 0.3 is 5.97 Å². The van der Waals surface area contributed by atoms with E-state index in [0.29, 0.717) is 12.2 Å². The van der Waals surface area contributed by atoms with E-state index in [4.69, 9.17) is 4.74 Å². The zero-order chi connectivity index (χ0) is 26.4. The minimum absolute atomic E-state index is 0.00648. The smallest absolute Gasteiger partial charge is 0.338 e. The molecule has 0 saturated carbocycles. The highest BCUT2D eigenvalue weighted by molar-refractivity contribution is 9.12. The molecule has 3 heteroatoms. The van der Waals surface area contributed by atoms with Gasteiger partial charge in [-0.25, -0.2) is 4.79 Å². The van der Waals surface area contributed by atoms with Gasteiger partial charge in [0, 0.05) is 15.3 Å². The molecule has 1 aromatic rings. The molecule has 2 nitrogen and oxygen atoms in total. The highest BCUT2D eigenvalue weighted by atomic mass is 79.9. The van der Waals surface area contributed by atoms with Gasteiger partial charge in [-0.15, -0.1) is 0 Å². The van der Waals surface area contributed by atoms with Crippen molar-refractivity contribution in [3.8, 4) is 0 Å². The third-order valence-corrected chi connectivity index (χ3v) is 9.44. The Morgan fingerprint density at radius 2 is 1.42 bits per heavy atom. The van der Waals surface area contributed by atoms with E-state index in [1.54, 1.807) is 0 Å². The Kier molecular flexibility index (Phi) is 5.48. The molecule has 4 aliphatic rings. The van der Waals surface area contributed by atoms with Crippen LogP contribution in [0.15, 0.2) is 75.4 Å². The van der Waals surface area contributed by atoms with Crippen LogP contribution in [0.4, 0.5) is 0 Å². The van der Waals surface area contributed by atoms with Crippen molar-refractivity contribution in [2.45, 2.75) is 62.3 Å². The SMILES string of the molecule is CCOC(=O)c1ccc2c(c1)=C1C=C(C(C)(C)C)C=C3C=C(Br)C4=CC(C(C)(C)C)=CC=2[C@@]4(C)[C@@]31C. The van der Waals surface area contributed by atoms with Crippen molar-refractivity contribution in [2.24, 2.45) is 21.7 Å².